The fourth-order valence-electron chi connectivity index (χ4n) is 3.31. The largest absolute Gasteiger partial charge is 0.383 e. The summed E-state index contributed by atoms with van der Waals surface area (Å²) in [5.41, 5.74) is 1.16. The molecule has 1 saturated heterocycles. The van der Waals surface area contributed by atoms with Gasteiger partial charge in [0, 0.05) is 18.5 Å². The third kappa shape index (κ3) is 3.83. The van der Waals surface area contributed by atoms with E-state index in [2.05, 4.69) is 33.0 Å². The zero-order chi connectivity index (χ0) is 15.5. The summed E-state index contributed by atoms with van der Waals surface area (Å²) in [5, 5.41) is 4.94. The Labute approximate surface area is 132 Å². The van der Waals surface area contributed by atoms with E-state index in [0.717, 1.165) is 32.4 Å². The Balaban J connectivity index is 2.29. The lowest BCUT2D eigenvalue weighted by Gasteiger charge is -2.42. The smallest absolute Gasteiger partial charge is 0.113 e. The van der Waals surface area contributed by atoms with Crippen molar-refractivity contribution in [3.8, 4) is 0 Å². The molecule has 0 bridgehead atoms. The Morgan fingerprint density at radius 2 is 2.05 bits per heavy atom. The van der Waals surface area contributed by atoms with E-state index in [0.29, 0.717) is 0 Å². The highest BCUT2D eigenvalue weighted by atomic mass is 32.1. The fraction of sp³-hybridized carbons (Fsp3) is 0.812. The van der Waals surface area contributed by atoms with Crippen LogP contribution in [0.15, 0.2) is 0 Å². The van der Waals surface area contributed by atoms with Crippen LogP contribution in [0.25, 0.3) is 0 Å². The van der Waals surface area contributed by atoms with Crippen LogP contribution in [-0.2, 0) is 21.4 Å². The minimum Gasteiger partial charge on any atom is -0.383 e. The van der Waals surface area contributed by atoms with Crippen LogP contribution in [0.2, 0.25) is 0 Å². The van der Waals surface area contributed by atoms with Gasteiger partial charge >= 0.3 is 0 Å². The number of thiazole rings is 1. The molecule has 0 amide bonds. The molecule has 1 aromatic rings. The van der Waals surface area contributed by atoms with Crippen molar-refractivity contribution in [3.05, 3.63) is 15.6 Å². The van der Waals surface area contributed by atoms with Crippen LogP contribution in [0.5, 0.6) is 0 Å². The molecule has 1 aromatic heterocycles. The summed E-state index contributed by atoms with van der Waals surface area (Å²) < 4.78 is 11.1. The Hall–Kier alpha value is -0.490. The van der Waals surface area contributed by atoms with Crippen LogP contribution in [0.1, 0.15) is 49.2 Å². The van der Waals surface area contributed by atoms with Gasteiger partial charge < -0.3 is 14.8 Å². The molecule has 2 atom stereocenters. The first kappa shape index (κ1) is 16.9. The summed E-state index contributed by atoms with van der Waals surface area (Å²) in [5.74, 6) is 0. The van der Waals surface area contributed by atoms with Crippen LogP contribution >= 0.6 is 11.3 Å². The van der Waals surface area contributed by atoms with Crippen LogP contribution in [0.3, 0.4) is 0 Å². The number of hydrogen-bond acceptors (Lipinski definition) is 5. The van der Waals surface area contributed by atoms with E-state index in [4.69, 9.17) is 14.5 Å². The molecule has 1 aliphatic rings. The minimum absolute atomic E-state index is 0.0710. The summed E-state index contributed by atoms with van der Waals surface area (Å²) in [6.07, 6.45) is 3.43. The first-order valence-corrected chi connectivity index (χ1v) is 8.68. The molecule has 0 aliphatic carbocycles. The molecule has 0 radical (unpaired) electrons. The number of rotatable bonds is 6. The van der Waals surface area contributed by atoms with E-state index < -0.39 is 0 Å². The molecule has 2 heterocycles. The van der Waals surface area contributed by atoms with Gasteiger partial charge in [-0.05, 0) is 40.0 Å². The highest BCUT2D eigenvalue weighted by Gasteiger charge is 2.42. The Kier molecular flexibility index (Phi) is 5.77. The van der Waals surface area contributed by atoms with Crippen molar-refractivity contribution in [1.29, 1.82) is 0 Å². The number of methoxy groups -OCH3 is 1. The maximum absolute atomic E-state index is 5.94. The van der Waals surface area contributed by atoms with E-state index in [9.17, 15) is 0 Å². The van der Waals surface area contributed by atoms with Crippen molar-refractivity contribution in [1.82, 2.24) is 10.3 Å². The summed E-state index contributed by atoms with van der Waals surface area (Å²) in [4.78, 5) is 6.27. The van der Waals surface area contributed by atoms with Crippen molar-refractivity contribution in [2.24, 2.45) is 0 Å². The lowest BCUT2D eigenvalue weighted by Crippen LogP contribution is -2.51. The fourth-order valence-corrected chi connectivity index (χ4v) is 4.49. The predicted octanol–water partition coefficient (Wildman–Crippen LogP) is 3.03. The molecule has 5 heteroatoms. The zero-order valence-electron chi connectivity index (χ0n) is 13.9. The molecule has 0 saturated carbocycles. The molecule has 0 spiro atoms. The van der Waals surface area contributed by atoms with E-state index in [-0.39, 0.29) is 17.7 Å². The normalized spacial score (nSPS) is 29.8. The van der Waals surface area contributed by atoms with Crippen molar-refractivity contribution < 1.29 is 9.47 Å². The molecule has 1 aliphatic heterocycles. The van der Waals surface area contributed by atoms with Crippen molar-refractivity contribution in [2.45, 2.75) is 64.7 Å². The lowest BCUT2D eigenvalue weighted by atomic mass is 9.84. The third-order valence-electron chi connectivity index (χ3n) is 4.14. The molecule has 2 rings (SSSR count). The average Bonchev–Trinajstić information content (AvgIpc) is 2.80. The van der Waals surface area contributed by atoms with Gasteiger partial charge in [-0.3, -0.25) is 0 Å². The van der Waals surface area contributed by atoms with Gasteiger partial charge in [0.05, 0.1) is 30.0 Å². The molecule has 4 nitrogen and oxygen atoms in total. The summed E-state index contributed by atoms with van der Waals surface area (Å²) in [6, 6.07) is 0. The van der Waals surface area contributed by atoms with Crippen LogP contribution in [0, 0.1) is 6.92 Å². The number of nitrogens with zero attached hydrogens (tertiary/aromatic N) is 1. The Morgan fingerprint density at radius 3 is 2.57 bits per heavy atom. The maximum Gasteiger partial charge on any atom is 0.113 e. The zero-order valence-corrected chi connectivity index (χ0v) is 14.7. The van der Waals surface area contributed by atoms with Gasteiger partial charge in [0.1, 0.15) is 5.01 Å². The molecule has 120 valence electrons. The van der Waals surface area contributed by atoms with Crippen LogP contribution in [0.4, 0.5) is 0 Å². The van der Waals surface area contributed by atoms with Crippen molar-refractivity contribution in [3.63, 3.8) is 0 Å². The second kappa shape index (κ2) is 7.18. The summed E-state index contributed by atoms with van der Waals surface area (Å²) in [6.45, 7) is 10.2. The first-order valence-electron chi connectivity index (χ1n) is 7.87. The average molecular weight is 312 g/mol. The van der Waals surface area contributed by atoms with Crippen LogP contribution < -0.4 is 5.32 Å². The molecule has 1 N–H and O–H groups in total. The quantitative estimate of drug-likeness (QED) is 0.820. The van der Waals surface area contributed by atoms with E-state index in [1.54, 1.807) is 7.11 Å². The van der Waals surface area contributed by atoms with Gasteiger partial charge in [0.2, 0.25) is 0 Å². The summed E-state index contributed by atoms with van der Waals surface area (Å²) >= 11 is 1.84. The Morgan fingerprint density at radius 1 is 1.38 bits per heavy atom. The van der Waals surface area contributed by atoms with Gasteiger partial charge in [-0.25, -0.2) is 4.98 Å². The molecule has 0 aromatic carbocycles. The van der Waals surface area contributed by atoms with E-state index >= 15 is 0 Å². The Bertz CT molecular complexity index is 451. The predicted molar refractivity (Wildman–Crippen MR) is 87.0 cm³/mol. The molecule has 21 heavy (non-hydrogen) atoms. The third-order valence-corrected chi connectivity index (χ3v) is 5.36. The number of nitrogens with one attached hydrogen (secondary N) is 1. The number of hydrogen-bond donors (Lipinski definition) is 1. The van der Waals surface area contributed by atoms with Gasteiger partial charge in [0.25, 0.3) is 0 Å². The highest BCUT2D eigenvalue weighted by molar-refractivity contribution is 7.11. The van der Waals surface area contributed by atoms with Gasteiger partial charge in [-0.15, -0.1) is 11.3 Å². The monoisotopic (exact) mass is 312 g/mol. The second-order valence-electron chi connectivity index (χ2n) is 6.04. The van der Waals surface area contributed by atoms with Gasteiger partial charge in [-0.2, -0.15) is 0 Å². The maximum atomic E-state index is 5.94. The standard InChI is InChI=1S/C16H28N2O2S/c1-6-14-13(4)21-15(18-14)16(17-7-8-19-5)9-11(2)20-12(3)10-16/h11-12,17H,6-10H2,1-5H3. The van der Waals surface area contributed by atoms with Gasteiger partial charge in [0.15, 0.2) is 0 Å². The second-order valence-corrected chi connectivity index (χ2v) is 7.25. The topological polar surface area (TPSA) is 43.4 Å². The van der Waals surface area contributed by atoms with E-state index in [1.165, 1.54) is 15.6 Å². The first-order chi connectivity index (χ1) is 10.0. The number of ether oxygens (including phenoxy) is 2. The lowest BCUT2D eigenvalue weighted by molar-refractivity contribution is -0.0721. The minimum atomic E-state index is -0.0710. The molecular weight excluding hydrogens is 284 g/mol. The number of aryl methyl sites for hydroxylation is 2. The van der Waals surface area contributed by atoms with Crippen LogP contribution in [-0.4, -0.2) is 37.5 Å². The van der Waals surface area contributed by atoms with Crippen molar-refractivity contribution in [2.75, 3.05) is 20.3 Å². The molecule has 2 unspecified atom stereocenters. The number of aromatic nitrogens is 1. The molecule has 1 fully saturated rings. The van der Waals surface area contributed by atoms with Crippen molar-refractivity contribution >= 4 is 11.3 Å². The SMILES string of the molecule is CCc1nc(C2(NCCOC)CC(C)OC(C)C2)sc1C. The molecular formula is C16H28N2O2S. The highest BCUT2D eigenvalue weighted by Crippen LogP contribution is 2.40. The van der Waals surface area contributed by atoms with Gasteiger partial charge in [-0.1, -0.05) is 6.92 Å². The summed E-state index contributed by atoms with van der Waals surface area (Å²) in [7, 11) is 1.74. The van der Waals surface area contributed by atoms with E-state index in [1.807, 2.05) is 11.3 Å².